The molecule has 0 saturated carbocycles. The summed E-state index contributed by atoms with van der Waals surface area (Å²) in [5, 5.41) is 0.570. The van der Waals surface area contributed by atoms with Crippen molar-refractivity contribution >= 4 is 35.2 Å². The molecule has 0 spiro atoms. The van der Waals surface area contributed by atoms with Gasteiger partial charge < -0.3 is 9.80 Å². The Bertz CT molecular complexity index is 1060. The zero-order valence-corrected chi connectivity index (χ0v) is 17.9. The minimum absolute atomic E-state index is 0.0497. The highest BCUT2D eigenvalue weighted by molar-refractivity contribution is 6.30. The highest BCUT2D eigenvalue weighted by Gasteiger charge is 2.36. The molecule has 0 atom stereocenters. The quantitative estimate of drug-likeness (QED) is 0.686. The van der Waals surface area contributed by atoms with Crippen LogP contribution in [0.3, 0.4) is 0 Å². The number of hydrogen-bond donors (Lipinski definition) is 0. The molecule has 4 amide bonds. The number of carbonyl (C=O) groups is 4. The first-order chi connectivity index (χ1) is 14.8. The fraction of sp³-hybridized carbons (Fsp3) is 0.304. The number of rotatable bonds is 4. The molecular weight excluding hydrogens is 418 g/mol. The van der Waals surface area contributed by atoms with Crippen LogP contribution in [0.25, 0.3) is 0 Å². The highest BCUT2D eigenvalue weighted by atomic mass is 35.5. The van der Waals surface area contributed by atoms with E-state index in [-0.39, 0.29) is 36.6 Å². The van der Waals surface area contributed by atoms with E-state index in [1.54, 1.807) is 52.3 Å². The van der Waals surface area contributed by atoms with Crippen molar-refractivity contribution < 1.29 is 19.2 Å². The molecule has 0 aromatic heterocycles. The van der Waals surface area contributed by atoms with Gasteiger partial charge in [-0.1, -0.05) is 23.2 Å². The molecule has 0 unspecified atom stereocenters. The second kappa shape index (κ2) is 8.51. The molecule has 160 valence electrons. The van der Waals surface area contributed by atoms with E-state index in [0.717, 1.165) is 10.5 Å². The Hall–Kier alpha value is -3.19. The van der Waals surface area contributed by atoms with Gasteiger partial charge in [0.25, 0.3) is 17.7 Å². The highest BCUT2D eigenvalue weighted by Crippen LogP contribution is 2.24. The lowest BCUT2D eigenvalue weighted by molar-refractivity contribution is -0.132. The average molecular weight is 440 g/mol. The van der Waals surface area contributed by atoms with Gasteiger partial charge in [-0.2, -0.15) is 0 Å². The van der Waals surface area contributed by atoms with Gasteiger partial charge >= 0.3 is 0 Å². The third kappa shape index (κ3) is 4.18. The van der Waals surface area contributed by atoms with Crippen molar-refractivity contribution in [3.05, 3.63) is 69.7 Å². The number of aryl methyl sites for hydroxylation is 1. The Labute approximate surface area is 185 Å². The molecule has 1 saturated heterocycles. The molecule has 0 bridgehead atoms. The summed E-state index contributed by atoms with van der Waals surface area (Å²) in [7, 11) is 0. The van der Waals surface area contributed by atoms with Gasteiger partial charge in [-0.3, -0.25) is 24.1 Å². The van der Waals surface area contributed by atoms with Crippen molar-refractivity contribution in [1.29, 1.82) is 0 Å². The summed E-state index contributed by atoms with van der Waals surface area (Å²) in [5.74, 6) is -0.933. The van der Waals surface area contributed by atoms with Crippen molar-refractivity contribution in [2.24, 2.45) is 0 Å². The molecule has 0 radical (unpaired) electrons. The Morgan fingerprint density at radius 2 is 1.48 bits per heavy atom. The standard InChI is InChI=1S/C23H22ClN3O4/c1-15-2-7-18-19(14-15)23(31)27(22(18)30)9-8-20(28)25-10-12-26(13-11-25)21(29)16-3-5-17(24)6-4-16/h2-7,14H,8-13H2,1H3. The fourth-order valence-corrected chi connectivity index (χ4v) is 4.03. The van der Waals surface area contributed by atoms with Gasteiger partial charge in [0.05, 0.1) is 11.1 Å². The minimum atomic E-state index is -0.355. The molecule has 8 heteroatoms. The van der Waals surface area contributed by atoms with Crippen molar-refractivity contribution in [3.8, 4) is 0 Å². The van der Waals surface area contributed by atoms with E-state index in [2.05, 4.69) is 0 Å². The van der Waals surface area contributed by atoms with Gasteiger partial charge in [-0.05, 0) is 43.3 Å². The van der Waals surface area contributed by atoms with E-state index in [4.69, 9.17) is 11.6 Å². The first kappa shape index (κ1) is 21.1. The van der Waals surface area contributed by atoms with Crippen LogP contribution in [0, 0.1) is 6.92 Å². The molecule has 2 aliphatic heterocycles. The van der Waals surface area contributed by atoms with Crippen molar-refractivity contribution in [3.63, 3.8) is 0 Å². The number of piperazine rings is 1. The molecule has 7 nitrogen and oxygen atoms in total. The number of fused-ring (bicyclic) bond motifs is 1. The SMILES string of the molecule is Cc1ccc2c(c1)C(=O)N(CCC(=O)N1CCN(C(=O)c3ccc(Cl)cc3)CC1)C2=O. The van der Waals surface area contributed by atoms with Crippen LogP contribution in [0.5, 0.6) is 0 Å². The summed E-state index contributed by atoms with van der Waals surface area (Å²) in [5.41, 5.74) is 2.25. The first-order valence-corrected chi connectivity index (χ1v) is 10.5. The summed E-state index contributed by atoms with van der Waals surface area (Å²) in [4.78, 5) is 54.8. The molecule has 2 aromatic rings. The van der Waals surface area contributed by atoms with Gasteiger partial charge in [-0.25, -0.2) is 0 Å². The van der Waals surface area contributed by atoms with Gasteiger partial charge in [0.1, 0.15) is 0 Å². The molecule has 1 fully saturated rings. The lowest BCUT2D eigenvalue weighted by Gasteiger charge is -2.35. The summed E-state index contributed by atoms with van der Waals surface area (Å²) in [6.45, 7) is 3.60. The van der Waals surface area contributed by atoms with E-state index in [1.807, 2.05) is 6.92 Å². The molecular formula is C23H22ClN3O4. The number of hydrogen-bond acceptors (Lipinski definition) is 4. The van der Waals surface area contributed by atoms with Crippen LogP contribution in [0.15, 0.2) is 42.5 Å². The zero-order valence-electron chi connectivity index (χ0n) is 17.1. The van der Waals surface area contributed by atoms with Crippen LogP contribution in [-0.2, 0) is 4.79 Å². The van der Waals surface area contributed by atoms with Crippen LogP contribution in [0.1, 0.15) is 43.1 Å². The van der Waals surface area contributed by atoms with Gasteiger partial charge in [0, 0.05) is 49.7 Å². The zero-order chi connectivity index (χ0) is 22.1. The second-order valence-corrected chi connectivity index (χ2v) is 8.18. The van der Waals surface area contributed by atoms with Crippen LogP contribution in [0.4, 0.5) is 0 Å². The second-order valence-electron chi connectivity index (χ2n) is 7.74. The summed E-state index contributed by atoms with van der Waals surface area (Å²) < 4.78 is 0. The third-order valence-electron chi connectivity index (χ3n) is 5.69. The lowest BCUT2D eigenvalue weighted by Crippen LogP contribution is -2.51. The predicted octanol–water partition coefficient (Wildman–Crippen LogP) is 2.62. The van der Waals surface area contributed by atoms with E-state index < -0.39 is 0 Å². The summed E-state index contributed by atoms with van der Waals surface area (Å²) in [6.07, 6.45) is 0.0651. The Morgan fingerprint density at radius 3 is 2.16 bits per heavy atom. The van der Waals surface area contributed by atoms with E-state index in [1.165, 1.54) is 0 Å². The minimum Gasteiger partial charge on any atom is -0.339 e. The van der Waals surface area contributed by atoms with E-state index in [0.29, 0.717) is 47.9 Å². The molecule has 31 heavy (non-hydrogen) atoms. The summed E-state index contributed by atoms with van der Waals surface area (Å²) >= 11 is 5.87. The number of benzene rings is 2. The molecule has 2 aromatic carbocycles. The topological polar surface area (TPSA) is 78.0 Å². The van der Waals surface area contributed by atoms with E-state index >= 15 is 0 Å². The van der Waals surface area contributed by atoms with Gasteiger partial charge in [0.15, 0.2) is 0 Å². The maximum Gasteiger partial charge on any atom is 0.261 e. The van der Waals surface area contributed by atoms with Crippen LogP contribution in [-0.4, -0.2) is 71.1 Å². The number of carbonyl (C=O) groups excluding carboxylic acids is 4. The molecule has 0 N–H and O–H groups in total. The number of amides is 4. The van der Waals surface area contributed by atoms with Crippen LogP contribution in [0.2, 0.25) is 5.02 Å². The maximum atomic E-state index is 12.6. The van der Waals surface area contributed by atoms with Crippen molar-refractivity contribution in [2.75, 3.05) is 32.7 Å². The average Bonchev–Trinajstić information content (AvgIpc) is 3.01. The third-order valence-corrected chi connectivity index (χ3v) is 5.94. The summed E-state index contributed by atoms with van der Waals surface area (Å²) in [6, 6.07) is 11.9. The maximum absolute atomic E-state index is 12.6. The first-order valence-electron chi connectivity index (χ1n) is 10.1. The Kier molecular flexibility index (Phi) is 5.78. The molecule has 2 heterocycles. The van der Waals surface area contributed by atoms with Crippen molar-refractivity contribution in [2.45, 2.75) is 13.3 Å². The fourth-order valence-electron chi connectivity index (χ4n) is 3.91. The molecule has 4 rings (SSSR count). The van der Waals surface area contributed by atoms with Crippen molar-refractivity contribution in [1.82, 2.24) is 14.7 Å². The monoisotopic (exact) mass is 439 g/mol. The lowest BCUT2D eigenvalue weighted by atomic mass is 10.1. The number of nitrogens with zero attached hydrogens (tertiary/aromatic N) is 3. The number of imide groups is 1. The molecule has 2 aliphatic rings. The Morgan fingerprint density at radius 1 is 0.871 bits per heavy atom. The van der Waals surface area contributed by atoms with Crippen LogP contribution < -0.4 is 0 Å². The largest absolute Gasteiger partial charge is 0.339 e. The predicted molar refractivity (Wildman–Crippen MR) is 115 cm³/mol. The number of halogens is 1. The van der Waals surface area contributed by atoms with Gasteiger partial charge in [0.2, 0.25) is 5.91 Å². The molecule has 0 aliphatic carbocycles. The van der Waals surface area contributed by atoms with Crippen LogP contribution >= 0.6 is 11.6 Å². The Balaban J connectivity index is 1.30. The smallest absolute Gasteiger partial charge is 0.261 e. The van der Waals surface area contributed by atoms with E-state index in [9.17, 15) is 19.2 Å². The van der Waals surface area contributed by atoms with Gasteiger partial charge in [-0.15, -0.1) is 0 Å². The normalized spacial score (nSPS) is 16.0.